The van der Waals surface area contributed by atoms with Gasteiger partial charge >= 0.3 is 0 Å². The minimum Gasteiger partial charge on any atom is -0.380 e. The van der Waals surface area contributed by atoms with Gasteiger partial charge in [-0.15, -0.1) is 13.2 Å². The quantitative estimate of drug-likeness (QED) is 0.315. The van der Waals surface area contributed by atoms with Crippen LogP contribution in [0, 0.1) is 0 Å². The van der Waals surface area contributed by atoms with Crippen LogP contribution in [0.5, 0.6) is 0 Å². The Morgan fingerprint density at radius 2 is 1.03 bits per heavy atom. The lowest BCUT2D eigenvalue weighted by molar-refractivity contribution is 0.106. The van der Waals surface area contributed by atoms with Crippen LogP contribution in [0.25, 0.3) is 0 Å². The van der Waals surface area contributed by atoms with Gasteiger partial charge in [-0.3, -0.25) is 9.11 Å². The molecule has 0 aliphatic rings. The SMILES string of the molecule is C=C(C)CC(COCC(CC(=C)C)c1ccc(S(=O)(=O)O)cc1)c1ccc(S(=O)(=O)O)cc1. The molecule has 0 bridgehead atoms. The summed E-state index contributed by atoms with van der Waals surface area (Å²) in [5.74, 6) is -0.129. The minimum atomic E-state index is -4.26. The lowest BCUT2D eigenvalue weighted by Gasteiger charge is -2.22. The molecule has 0 aliphatic heterocycles. The highest BCUT2D eigenvalue weighted by Gasteiger charge is 2.18. The van der Waals surface area contributed by atoms with Gasteiger partial charge in [-0.25, -0.2) is 0 Å². The first kappa shape index (κ1) is 26.9. The molecule has 2 aromatic carbocycles. The fraction of sp³-hybridized carbons (Fsp3) is 0.333. The molecule has 0 amide bonds. The Morgan fingerprint density at radius 1 is 0.727 bits per heavy atom. The van der Waals surface area contributed by atoms with Gasteiger partial charge in [0.25, 0.3) is 20.2 Å². The first-order valence-corrected chi connectivity index (χ1v) is 13.2. The standard InChI is InChI=1S/C24H30O7S2/c1-17(2)13-21(19-5-9-23(10-6-19)32(25,26)27)15-31-16-22(14-18(3)4)20-7-11-24(12-8-20)33(28,29)30/h5-12,21-22H,1,3,13-16H2,2,4H3,(H,25,26,27)(H,28,29,30). The molecule has 0 saturated carbocycles. The molecule has 33 heavy (non-hydrogen) atoms. The fourth-order valence-corrected chi connectivity index (χ4v) is 4.52. The first-order chi connectivity index (χ1) is 15.3. The normalized spacial score (nSPS) is 13.9. The summed E-state index contributed by atoms with van der Waals surface area (Å²) in [7, 11) is -8.52. The lowest BCUT2D eigenvalue weighted by atomic mass is 9.92. The van der Waals surface area contributed by atoms with Crippen molar-refractivity contribution < 1.29 is 30.7 Å². The number of ether oxygens (including phenoxy) is 1. The van der Waals surface area contributed by atoms with E-state index in [2.05, 4.69) is 13.2 Å². The summed E-state index contributed by atoms with van der Waals surface area (Å²) in [6, 6.07) is 12.0. The van der Waals surface area contributed by atoms with Gasteiger partial charge in [0.05, 0.1) is 23.0 Å². The van der Waals surface area contributed by atoms with Crippen LogP contribution in [0.4, 0.5) is 0 Å². The van der Waals surface area contributed by atoms with E-state index >= 15 is 0 Å². The third-order valence-corrected chi connectivity index (χ3v) is 6.86. The number of hydrogen-bond acceptors (Lipinski definition) is 5. The van der Waals surface area contributed by atoms with Crippen molar-refractivity contribution in [2.45, 2.75) is 48.3 Å². The Morgan fingerprint density at radius 3 is 1.27 bits per heavy atom. The largest absolute Gasteiger partial charge is 0.380 e. The van der Waals surface area contributed by atoms with Gasteiger partial charge in [0, 0.05) is 11.8 Å². The molecule has 9 heteroatoms. The van der Waals surface area contributed by atoms with E-state index in [1.165, 1.54) is 24.3 Å². The summed E-state index contributed by atoms with van der Waals surface area (Å²) in [4.78, 5) is -0.341. The molecule has 180 valence electrons. The molecule has 0 aromatic heterocycles. The molecule has 2 aromatic rings. The fourth-order valence-electron chi connectivity index (χ4n) is 3.56. The van der Waals surface area contributed by atoms with Gasteiger partial charge in [-0.2, -0.15) is 16.8 Å². The smallest absolute Gasteiger partial charge is 0.294 e. The van der Waals surface area contributed by atoms with E-state index in [0.717, 1.165) is 22.3 Å². The van der Waals surface area contributed by atoms with Crippen LogP contribution < -0.4 is 0 Å². The van der Waals surface area contributed by atoms with Gasteiger partial charge in [0.15, 0.2) is 0 Å². The Kier molecular flexibility index (Phi) is 9.16. The third-order valence-electron chi connectivity index (χ3n) is 5.13. The molecule has 0 fully saturated rings. The van der Waals surface area contributed by atoms with E-state index < -0.39 is 20.2 Å². The molecule has 0 saturated heterocycles. The van der Waals surface area contributed by atoms with Crippen LogP contribution in [0.3, 0.4) is 0 Å². The van der Waals surface area contributed by atoms with Gasteiger partial charge in [0.2, 0.25) is 0 Å². The van der Waals surface area contributed by atoms with Crippen molar-refractivity contribution in [3.63, 3.8) is 0 Å². The van der Waals surface area contributed by atoms with Gasteiger partial charge in [-0.05, 0) is 62.1 Å². The number of hydrogen-bond donors (Lipinski definition) is 2. The van der Waals surface area contributed by atoms with Crippen LogP contribution in [-0.2, 0) is 25.0 Å². The van der Waals surface area contributed by atoms with Crippen molar-refractivity contribution in [1.82, 2.24) is 0 Å². The van der Waals surface area contributed by atoms with Crippen LogP contribution >= 0.6 is 0 Å². The average molecular weight is 495 g/mol. The predicted octanol–water partition coefficient (Wildman–Crippen LogP) is 5.00. The molecule has 0 heterocycles. The number of benzene rings is 2. The van der Waals surface area contributed by atoms with Crippen molar-refractivity contribution in [3.8, 4) is 0 Å². The highest BCUT2D eigenvalue weighted by atomic mass is 32.2. The highest BCUT2D eigenvalue weighted by Crippen LogP contribution is 2.28. The molecule has 2 unspecified atom stereocenters. The molecule has 2 atom stereocenters. The third kappa shape index (κ3) is 8.53. The van der Waals surface area contributed by atoms with E-state index in [1.54, 1.807) is 24.3 Å². The molecule has 0 radical (unpaired) electrons. The summed E-state index contributed by atoms with van der Waals surface area (Å²) < 4.78 is 69.6. The van der Waals surface area contributed by atoms with E-state index in [4.69, 9.17) is 4.74 Å². The second-order valence-electron chi connectivity index (χ2n) is 8.34. The molecule has 2 rings (SSSR count). The summed E-state index contributed by atoms with van der Waals surface area (Å²) in [6.45, 7) is 12.4. The molecular weight excluding hydrogens is 464 g/mol. The molecule has 7 nitrogen and oxygen atoms in total. The minimum absolute atomic E-state index is 0.0645. The van der Waals surface area contributed by atoms with Crippen LogP contribution in [0.1, 0.15) is 49.7 Å². The van der Waals surface area contributed by atoms with E-state index in [-0.39, 0.29) is 21.6 Å². The van der Waals surface area contributed by atoms with Crippen molar-refractivity contribution in [1.29, 1.82) is 0 Å². The summed E-state index contributed by atoms with van der Waals surface area (Å²) in [5, 5.41) is 0. The van der Waals surface area contributed by atoms with Crippen LogP contribution in [0.2, 0.25) is 0 Å². The zero-order valence-electron chi connectivity index (χ0n) is 18.8. The van der Waals surface area contributed by atoms with Crippen molar-refractivity contribution >= 4 is 20.2 Å². The molecule has 0 spiro atoms. The van der Waals surface area contributed by atoms with Crippen LogP contribution in [-0.4, -0.2) is 39.2 Å². The topological polar surface area (TPSA) is 118 Å². The zero-order valence-corrected chi connectivity index (χ0v) is 20.4. The van der Waals surface area contributed by atoms with Gasteiger partial charge in [-0.1, -0.05) is 35.4 Å². The average Bonchev–Trinajstić information content (AvgIpc) is 2.70. The highest BCUT2D eigenvalue weighted by molar-refractivity contribution is 7.86. The molecular formula is C24H30O7S2. The van der Waals surface area contributed by atoms with Crippen LogP contribution in [0.15, 0.2) is 82.6 Å². The Hall–Kier alpha value is -2.30. The second-order valence-corrected chi connectivity index (χ2v) is 11.2. The number of allylic oxidation sites excluding steroid dienone is 2. The van der Waals surface area contributed by atoms with E-state index in [9.17, 15) is 25.9 Å². The van der Waals surface area contributed by atoms with E-state index in [1.807, 2.05) is 13.8 Å². The maximum absolute atomic E-state index is 11.3. The summed E-state index contributed by atoms with van der Waals surface area (Å²) in [6.07, 6.45) is 1.28. The maximum Gasteiger partial charge on any atom is 0.294 e. The molecule has 0 aliphatic carbocycles. The zero-order chi connectivity index (χ0) is 24.8. The van der Waals surface area contributed by atoms with Crippen molar-refractivity contribution in [2.75, 3.05) is 13.2 Å². The van der Waals surface area contributed by atoms with Gasteiger partial charge < -0.3 is 4.74 Å². The number of rotatable bonds is 12. The summed E-state index contributed by atoms with van der Waals surface area (Å²) >= 11 is 0. The maximum atomic E-state index is 11.3. The Labute approximate surface area is 196 Å². The van der Waals surface area contributed by atoms with Crippen molar-refractivity contribution in [2.24, 2.45) is 0 Å². The predicted molar refractivity (Wildman–Crippen MR) is 128 cm³/mol. The van der Waals surface area contributed by atoms with Crippen molar-refractivity contribution in [3.05, 3.63) is 84.0 Å². The van der Waals surface area contributed by atoms with E-state index in [0.29, 0.717) is 26.1 Å². The monoisotopic (exact) mass is 494 g/mol. The Balaban J connectivity index is 2.15. The molecule has 2 N–H and O–H groups in total. The summed E-state index contributed by atoms with van der Waals surface area (Å²) in [5.41, 5.74) is 3.61. The van der Waals surface area contributed by atoms with Gasteiger partial charge in [0.1, 0.15) is 0 Å². The Bertz CT molecular complexity index is 1080. The lowest BCUT2D eigenvalue weighted by Crippen LogP contribution is -2.14. The first-order valence-electron chi connectivity index (χ1n) is 10.3. The second kappa shape index (κ2) is 11.2.